The van der Waals surface area contributed by atoms with E-state index in [2.05, 4.69) is 0 Å². The molecule has 0 aromatic heterocycles. The summed E-state index contributed by atoms with van der Waals surface area (Å²) in [6, 6.07) is 2.24. The minimum absolute atomic E-state index is 0.282. The van der Waals surface area contributed by atoms with Crippen LogP contribution in [0.4, 0.5) is 4.39 Å². The van der Waals surface area contributed by atoms with Crippen LogP contribution in [0, 0.1) is 0 Å². The van der Waals surface area contributed by atoms with E-state index in [9.17, 15) is 9.18 Å². The zero-order valence-corrected chi connectivity index (χ0v) is 12.1. The molecule has 0 bridgehead atoms. The molecule has 0 fully saturated rings. The molecule has 0 saturated heterocycles. The van der Waals surface area contributed by atoms with Gasteiger partial charge in [-0.25, -0.2) is 4.39 Å². The standard InChI is InChI=1S/C14H20FNO4/c1-14(2,15)8-5-9(10(16)7-12(17)18)13(20-4)11(6-8)19-3/h5-6,10H,7,16H2,1-4H3,(H,17,18). The summed E-state index contributed by atoms with van der Waals surface area (Å²) in [6.45, 7) is 2.81. The lowest BCUT2D eigenvalue weighted by molar-refractivity contribution is -0.137. The van der Waals surface area contributed by atoms with Gasteiger partial charge in [-0.2, -0.15) is 0 Å². The zero-order chi connectivity index (χ0) is 15.5. The van der Waals surface area contributed by atoms with Crippen molar-refractivity contribution in [2.45, 2.75) is 32.0 Å². The topological polar surface area (TPSA) is 81.8 Å². The second kappa shape index (κ2) is 6.09. The van der Waals surface area contributed by atoms with Crippen LogP contribution in [0.1, 0.15) is 37.4 Å². The number of carboxylic acid groups (broad SMARTS) is 1. The highest BCUT2D eigenvalue weighted by Crippen LogP contribution is 2.40. The van der Waals surface area contributed by atoms with Crippen LogP contribution in [-0.4, -0.2) is 25.3 Å². The van der Waals surface area contributed by atoms with Crippen molar-refractivity contribution in [1.29, 1.82) is 0 Å². The van der Waals surface area contributed by atoms with Crippen LogP contribution in [0.3, 0.4) is 0 Å². The van der Waals surface area contributed by atoms with Crippen molar-refractivity contribution >= 4 is 5.97 Å². The lowest BCUT2D eigenvalue weighted by atomic mass is 9.93. The van der Waals surface area contributed by atoms with Gasteiger partial charge in [-0.1, -0.05) is 0 Å². The van der Waals surface area contributed by atoms with Gasteiger partial charge >= 0.3 is 5.97 Å². The summed E-state index contributed by atoms with van der Waals surface area (Å²) in [5, 5.41) is 8.84. The second-order valence-corrected chi connectivity index (χ2v) is 4.98. The van der Waals surface area contributed by atoms with E-state index in [4.69, 9.17) is 20.3 Å². The van der Waals surface area contributed by atoms with Crippen molar-refractivity contribution in [2.24, 2.45) is 5.73 Å². The number of methoxy groups -OCH3 is 2. The zero-order valence-electron chi connectivity index (χ0n) is 12.1. The van der Waals surface area contributed by atoms with Gasteiger partial charge in [-0.15, -0.1) is 0 Å². The number of carbonyl (C=O) groups is 1. The predicted octanol–water partition coefficient (Wildman–Crippen LogP) is 2.38. The molecule has 20 heavy (non-hydrogen) atoms. The van der Waals surface area contributed by atoms with Crippen LogP contribution in [0.15, 0.2) is 12.1 Å². The quantitative estimate of drug-likeness (QED) is 0.838. The highest BCUT2D eigenvalue weighted by Gasteiger charge is 2.26. The molecule has 1 aromatic rings. The maximum Gasteiger partial charge on any atom is 0.305 e. The third-order valence-electron chi connectivity index (χ3n) is 2.99. The summed E-state index contributed by atoms with van der Waals surface area (Å²) in [5.41, 5.74) is 5.03. The second-order valence-electron chi connectivity index (χ2n) is 4.98. The predicted molar refractivity (Wildman–Crippen MR) is 72.9 cm³/mol. The SMILES string of the molecule is COc1cc(C(C)(C)F)cc(C(N)CC(=O)O)c1OC. The largest absolute Gasteiger partial charge is 0.493 e. The van der Waals surface area contributed by atoms with E-state index >= 15 is 0 Å². The van der Waals surface area contributed by atoms with Crippen LogP contribution in [-0.2, 0) is 10.5 Å². The first-order valence-electron chi connectivity index (χ1n) is 6.13. The Morgan fingerprint density at radius 2 is 2.00 bits per heavy atom. The number of nitrogens with two attached hydrogens (primary N) is 1. The molecule has 5 nitrogen and oxygen atoms in total. The summed E-state index contributed by atoms with van der Waals surface area (Å²) in [4.78, 5) is 10.8. The smallest absolute Gasteiger partial charge is 0.305 e. The Balaban J connectivity index is 3.41. The van der Waals surface area contributed by atoms with Crippen molar-refractivity contribution in [2.75, 3.05) is 14.2 Å². The number of hydrogen-bond donors (Lipinski definition) is 2. The first kappa shape index (κ1) is 16.2. The van der Waals surface area contributed by atoms with Gasteiger partial charge in [0.05, 0.1) is 20.6 Å². The molecule has 1 atom stereocenters. The van der Waals surface area contributed by atoms with E-state index in [-0.39, 0.29) is 6.42 Å². The summed E-state index contributed by atoms with van der Waals surface area (Å²) in [6.07, 6.45) is -0.282. The van der Waals surface area contributed by atoms with Gasteiger partial charge < -0.3 is 20.3 Å². The van der Waals surface area contributed by atoms with Crippen molar-refractivity contribution < 1.29 is 23.8 Å². The number of aliphatic carboxylic acids is 1. The Bertz CT molecular complexity index is 497. The summed E-state index contributed by atoms with van der Waals surface area (Å²) >= 11 is 0. The highest BCUT2D eigenvalue weighted by atomic mass is 19.1. The molecule has 6 heteroatoms. The normalized spacial score (nSPS) is 12.9. The molecule has 0 aliphatic carbocycles. The minimum Gasteiger partial charge on any atom is -0.493 e. The van der Waals surface area contributed by atoms with Crippen LogP contribution in [0.5, 0.6) is 11.5 Å². The van der Waals surface area contributed by atoms with Crippen LogP contribution >= 0.6 is 0 Å². The molecule has 0 amide bonds. The maximum atomic E-state index is 14.1. The number of hydrogen-bond acceptors (Lipinski definition) is 4. The molecule has 0 heterocycles. The van der Waals surface area contributed by atoms with E-state index in [0.29, 0.717) is 22.6 Å². The molecular formula is C14H20FNO4. The van der Waals surface area contributed by atoms with E-state index in [1.807, 2.05) is 0 Å². The van der Waals surface area contributed by atoms with Gasteiger partial charge in [-0.3, -0.25) is 4.79 Å². The minimum atomic E-state index is -1.60. The van der Waals surface area contributed by atoms with Gasteiger partial charge in [0.25, 0.3) is 0 Å². The molecule has 0 saturated carbocycles. The Labute approximate surface area is 117 Å². The third kappa shape index (κ3) is 3.60. The summed E-state index contributed by atoms with van der Waals surface area (Å²) in [7, 11) is 2.86. The van der Waals surface area contributed by atoms with E-state index in [0.717, 1.165) is 0 Å². The molecule has 0 aliphatic rings. The van der Waals surface area contributed by atoms with Crippen molar-refractivity contribution in [3.63, 3.8) is 0 Å². The number of rotatable bonds is 6. The number of halogens is 1. The van der Waals surface area contributed by atoms with Crippen LogP contribution in [0.2, 0.25) is 0 Å². The average molecular weight is 285 g/mol. The van der Waals surface area contributed by atoms with E-state index in [1.54, 1.807) is 0 Å². The Kier molecular flexibility index (Phi) is 4.94. The molecule has 1 rings (SSSR count). The highest BCUT2D eigenvalue weighted by molar-refractivity contribution is 5.68. The van der Waals surface area contributed by atoms with Crippen LogP contribution < -0.4 is 15.2 Å². The molecule has 112 valence electrons. The molecule has 0 aliphatic heterocycles. The number of alkyl halides is 1. The van der Waals surface area contributed by atoms with Gasteiger partial charge in [0, 0.05) is 11.6 Å². The third-order valence-corrected chi connectivity index (χ3v) is 2.99. The molecular weight excluding hydrogens is 265 g/mol. The Hall–Kier alpha value is -1.82. The number of carboxylic acids is 1. The van der Waals surface area contributed by atoms with Crippen molar-refractivity contribution in [3.05, 3.63) is 23.3 Å². The molecule has 1 unspecified atom stereocenters. The van der Waals surface area contributed by atoms with Gasteiger partial charge in [0.2, 0.25) is 0 Å². The molecule has 0 spiro atoms. The maximum absolute atomic E-state index is 14.1. The Morgan fingerprint density at radius 1 is 1.40 bits per heavy atom. The molecule has 3 N–H and O–H groups in total. The monoisotopic (exact) mass is 285 g/mol. The van der Waals surface area contributed by atoms with Crippen LogP contribution in [0.25, 0.3) is 0 Å². The van der Waals surface area contributed by atoms with Gasteiger partial charge in [0.15, 0.2) is 11.5 Å². The summed E-state index contributed by atoms with van der Waals surface area (Å²) < 4.78 is 24.5. The fraction of sp³-hybridized carbons (Fsp3) is 0.500. The Morgan fingerprint density at radius 3 is 2.40 bits per heavy atom. The first-order chi connectivity index (χ1) is 9.20. The number of ether oxygens (including phenoxy) is 2. The van der Waals surface area contributed by atoms with Gasteiger partial charge in [-0.05, 0) is 31.5 Å². The van der Waals surface area contributed by atoms with E-state index in [1.165, 1.54) is 40.2 Å². The van der Waals surface area contributed by atoms with Gasteiger partial charge in [0.1, 0.15) is 5.67 Å². The molecule has 1 aromatic carbocycles. The summed E-state index contributed by atoms with van der Waals surface area (Å²) in [5.74, 6) is -0.385. The number of benzene rings is 1. The lowest BCUT2D eigenvalue weighted by Gasteiger charge is -2.22. The fourth-order valence-corrected chi connectivity index (χ4v) is 1.91. The lowest BCUT2D eigenvalue weighted by Crippen LogP contribution is -2.18. The fourth-order valence-electron chi connectivity index (χ4n) is 1.91. The van der Waals surface area contributed by atoms with Crippen molar-refractivity contribution in [3.8, 4) is 11.5 Å². The van der Waals surface area contributed by atoms with E-state index < -0.39 is 17.7 Å². The molecule has 0 radical (unpaired) electrons. The van der Waals surface area contributed by atoms with Crippen molar-refractivity contribution in [1.82, 2.24) is 0 Å². The average Bonchev–Trinajstić information content (AvgIpc) is 2.34. The first-order valence-corrected chi connectivity index (χ1v) is 6.13.